The van der Waals surface area contributed by atoms with Crippen molar-refractivity contribution < 1.29 is 13.2 Å². The fourth-order valence-electron chi connectivity index (χ4n) is 3.65. The lowest BCUT2D eigenvalue weighted by molar-refractivity contribution is -0.129. The van der Waals surface area contributed by atoms with Crippen molar-refractivity contribution in [1.29, 1.82) is 0 Å². The number of fused-ring (bicyclic) bond motifs is 1. The molecule has 0 atom stereocenters. The maximum atomic E-state index is 12.8. The third-order valence-corrected chi connectivity index (χ3v) is 7.83. The topological polar surface area (TPSA) is 95.5 Å². The van der Waals surface area contributed by atoms with Gasteiger partial charge in [0.25, 0.3) is 0 Å². The molecule has 1 amide bonds. The standard InChI is InChI=1S/C24H27N5O3S2/c1-2-25-23-20-10-6-7-11-21(20)26-24(27-23)33-18-22(30)28-13-15-29(16-14-28)34(31,32)17-12-19-8-4-3-5-9-19/h3-12,17H,2,13-16,18H2,1H3,(H,25,26,27)/b17-12+. The number of anilines is 1. The van der Waals surface area contributed by atoms with Crippen LogP contribution in [-0.4, -0.2) is 72.0 Å². The van der Waals surface area contributed by atoms with Crippen LogP contribution in [0.5, 0.6) is 0 Å². The molecule has 2 heterocycles. The lowest BCUT2D eigenvalue weighted by Crippen LogP contribution is -2.50. The van der Waals surface area contributed by atoms with Crippen LogP contribution in [-0.2, 0) is 14.8 Å². The van der Waals surface area contributed by atoms with Crippen LogP contribution < -0.4 is 5.32 Å². The first-order valence-corrected chi connectivity index (χ1v) is 13.6. The number of thioether (sulfide) groups is 1. The van der Waals surface area contributed by atoms with Gasteiger partial charge in [-0.15, -0.1) is 0 Å². The largest absolute Gasteiger partial charge is 0.370 e. The van der Waals surface area contributed by atoms with Gasteiger partial charge in [-0.2, -0.15) is 4.31 Å². The summed E-state index contributed by atoms with van der Waals surface area (Å²) >= 11 is 1.29. The minimum Gasteiger partial charge on any atom is -0.370 e. The number of nitrogens with zero attached hydrogens (tertiary/aromatic N) is 4. The Morgan fingerprint density at radius 1 is 1.03 bits per heavy atom. The lowest BCUT2D eigenvalue weighted by Gasteiger charge is -2.33. The molecule has 2 aromatic carbocycles. The highest BCUT2D eigenvalue weighted by atomic mass is 32.2. The normalized spacial score (nSPS) is 15.1. The Hall–Kier alpha value is -2.95. The van der Waals surface area contributed by atoms with Crippen molar-refractivity contribution in [1.82, 2.24) is 19.2 Å². The number of carbonyl (C=O) groups excluding carboxylic acids is 1. The SMILES string of the molecule is CCNc1nc(SCC(=O)N2CCN(S(=O)(=O)/C=C/c3ccccc3)CC2)nc2ccccc12. The van der Waals surface area contributed by atoms with Crippen LogP contribution in [0.2, 0.25) is 0 Å². The summed E-state index contributed by atoms with van der Waals surface area (Å²) < 4.78 is 26.7. The predicted octanol–water partition coefficient (Wildman–Crippen LogP) is 3.30. The number of aromatic nitrogens is 2. The molecular weight excluding hydrogens is 470 g/mol. The molecule has 1 N–H and O–H groups in total. The van der Waals surface area contributed by atoms with Gasteiger partial charge in [-0.25, -0.2) is 18.4 Å². The zero-order valence-electron chi connectivity index (χ0n) is 18.9. The van der Waals surface area contributed by atoms with Crippen molar-refractivity contribution in [3.05, 3.63) is 65.6 Å². The van der Waals surface area contributed by atoms with Crippen molar-refractivity contribution in [2.24, 2.45) is 0 Å². The Balaban J connectivity index is 1.33. The quantitative estimate of drug-likeness (QED) is 0.377. The number of benzene rings is 2. The van der Waals surface area contributed by atoms with Crippen molar-refractivity contribution in [3.8, 4) is 0 Å². The number of rotatable bonds is 8. The molecule has 4 rings (SSSR count). The number of amides is 1. The molecule has 0 aliphatic carbocycles. The van der Waals surface area contributed by atoms with E-state index < -0.39 is 10.0 Å². The summed E-state index contributed by atoms with van der Waals surface area (Å²) in [5, 5.41) is 5.97. The highest BCUT2D eigenvalue weighted by molar-refractivity contribution is 7.99. The summed E-state index contributed by atoms with van der Waals surface area (Å²) in [6, 6.07) is 17.1. The monoisotopic (exact) mass is 497 g/mol. The molecular formula is C24H27N5O3S2. The van der Waals surface area contributed by atoms with Gasteiger partial charge in [-0.05, 0) is 30.7 Å². The van der Waals surface area contributed by atoms with E-state index in [2.05, 4.69) is 15.3 Å². The van der Waals surface area contributed by atoms with Gasteiger partial charge in [0.1, 0.15) is 5.82 Å². The third-order valence-electron chi connectivity index (χ3n) is 5.43. The number of nitrogens with one attached hydrogen (secondary N) is 1. The lowest BCUT2D eigenvalue weighted by atomic mass is 10.2. The van der Waals surface area contributed by atoms with E-state index in [0.29, 0.717) is 18.2 Å². The van der Waals surface area contributed by atoms with E-state index in [1.807, 2.05) is 61.5 Å². The van der Waals surface area contributed by atoms with Gasteiger partial charge in [0.2, 0.25) is 15.9 Å². The van der Waals surface area contributed by atoms with Gasteiger partial charge < -0.3 is 10.2 Å². The Labute approximate surface area is 204 Å². The van der Waals surface area contributed by atoms with E-state index in [1.54, 1.807) is 11.0 Å². The molecule has 0 spiro atoms. The summed E-state index contributed by atoms with van der Waals surface area (Å²) in [4.78, 5) is 23.6. The van der Waals surface area contributed by atoms with E-state index in [-0.39, 0.29) is 24.7 Å². The Morgan fingerprint density at radius 2 is 1.74 bits per heavy atom. The molecule has 1 saturated heterocycles. The maximum absolute atomic E-state index is 12.8. The fourth-order valence-corrected chi connectivity index (χ4v) is 5.57. The highest BCUT2D eigenvalue weighted by Crippen LogP contribution is 2.24. The average molecular weight is 498 g/mol. The van der Waals surface area contributed by atoms with Gasteiger partial charge in [0.05, 0.1) is 11.3 Å². The first-order valence-electron chi connectivity index (χ1n) is 11.1. The number of carbonyl (C=O) groups is 1. The van der Waals surface area contributed by atoms with Crippen LogP contribution in [0.4, 0.5) is 5.82 Å². The molecule has 3 aromatic rings. The first kappa shape index (κ1) is 24.2. The predicted molar refractivity (Wildman–Crippen MR) is 137 cm³/mol. The van der Waals surface area contributed by atoms with Crippen LogP contribution in [0, 0.1) is 0 Å². The summed E-state index contributed by atoms with van der Waals surface area (Å²) in [7, 11) is -3.53. The number of hydrogen-bond donors (Lipinski definition) is 1. The van der Waals surface area contributed by atoms with E-state index in [9.17, 15) is 13.2 Å². The Morgan fingerprint density at radius 3 is 2.47 bits per heavy atom. The number of para-hydroxylation sites is 1. The minimum absolute atomic E-state index is 0.0522. The van der Waals surface area contributed by atoms with E-state index in [0.717, 1.165) is 28.8 Å². The maximum Gasteiger partial charge on any atom is 0.236 e. The smallest absolute Gasteiger partial charge is 0.236 e. The molecule has 178 valence electrons. The summed E-state index contributed by atoms with van der Waals surface area (Å²) in [5.41, 5.74) is 1.65. The molecule has 34 heavy (non-hydrogen) atoms. The Kier molecular flexibility index (Phi) is 7.81. The van der Waals surface area contributed by atoms with Crippen LogP contribution in [0.15, 0.2) is 65.2 Å². The van der Waals surface area contributed by atoms with E-state index >= 15 is 0 Å². The second-order valence-electron chi connectivity index (χ2n) is 7.73. The second kappa shape index (κ2) is 11.0. The van der Waals surface area contributed by atoms with Gasteiger partial charge >= 0.3 is 0 Å². The zero-order valence-corrected chi connectivity index (χ0v) is 20.6. The van der Waals surface area contributed by atoms with E-state index in [1.165, 1.54) is 21.5 Å². The summed E-state index contributed by atoms with van der Waals surface area (Å²) in [6.45, 7) is 4.00. The number of hydrogen-bond acceptors (Lipinski definition) is 7. The molecule has 0 bridgehead atoms. The van der Waals surface area contributed by atoms with Crippen LogP contribution >= 0.6 is 11.8 Å². The molecule has 0 unspecified atom stereocenters. The van der Waals surface area contributed by atoms with Crippen LogP contribution in [0.1, 0.15) is 12.5 Å². The molecule has 1 aliphatic heterocycles. The average Bonchev–Trinajstić information content (AvgIpc) is 2.87. The molecule has 0 radical (unpaired) electrons. The summed E-state index contributed by atoms with van der Waals surface area (Å²) in [6.07, 6.45) is 1.59. The molecule has 0 saturated carbocycles. The van der Waals surface area contributed by atoms with E-state index in [4.69, 9.17) is 0 Å². The van der Waals surface area contributed by atoms with Crippen molar-refractivity contribution in [3.63, 3.8) is 0 Å². The minimum atomic E-state index is -3.53. The molecule has 8 nitrogen and oxygen atoms in total. The van der Waals surface area contributed by atoms with Gasteiger partial charge in [-0.3, -0.25) is 4.79 Å². The Bertz CT molecular complexity index is 1270. The number of sulfonamides is 1. The molecule has 1 fully saturated rings. The summed E-state index contributed by atoms with van der Waals surface area (Å²) in [5.74, 6) is 0.902. The van der Waals surface area contributed by atoms with Crippen molar-refractivity contribution in [2.75, 3.05) is 43.8 Å². The molecule has 1 aromatic heterocycles. The van der Waals surface area contributed by atoms with Crippen molar-refractivity contribution in [2.45, 2.75) is 12.1 Å². The van der Waals surface area contributed by atoms with Crippen molar-refractivity contribution >= 4 is 50.5 Å². The van der Waals surface area contributed by atoms with Crippen LogP contribution in [0.3, 0.4) is 0 Å². The highest BCUT2D eigenvalue weighted by Gasteiger charge is 2.27. The zero-order chi connectivity index (χ0) is 24.0. The molecule has 10 heteroatoms. The van der Waals surface area contributed by atoms with Gasteiger partial charge in [0.15, 0.2) is 5.16 Å². The number of piperazine rings is 1. The second-order valence-corrected chi connectivity index (χ2v) is 10.5. The van der Waals surface area contributed by atoms with Gasteiger partial charge in [-0.1, -0.05) is 54.2 Å². The van der Waals surface area contributed by atoms with Gasteiger partial charge in [0, 0.05) is 43.5 Å². The first-order chi connectivity index (χ1) is 16.5. The molecule has 1 aliphatic rings. The van der Waals surface area contributed by atoms with Crippen LogP contribution in [0.25, 0.3) is 17.0 Å². The fraction of sp³-hybridized carbons (Fsp3) is 0.292. The third kappa shape index (κ3) is 5.94.